The number of allylic oxidation sites excluding steroid dienone is 3. The van der Waals surface area contributed by atoms with E-state index in [9.17, 15) is 4.79 Å². The molecule has 0 radical (unpaired) electrons. The smallest absolute Gasteiger partial charge is 0.207 e. The molecule has 74 valence electrons. The lowest BCUT2D eigenvalue weighted by Crippen LogP contribution is -2.13. The summed E-state index contributed by atoms with van der Waals surface area (Å²) in [6, 6.07) is 0. The number of carbonyl (C=O) groups is 1. The van der Waals surface area contributed by atoms with Gasteiger partial charge in [0.15, 0.2) is 0 Å². The quantitative estimate of drug-likeness (QED) is 0.343. The van der Waals surface area contributed by atoms with Crippen LogP contribution in [-0.2, 0) is 4.79 Å². The van der Waals surface area contributed by atoms with Gasteiger partial charge >= 0.3 is 0 Å². The molecule has 4 N–H and O–H groups in total. The zero-order chi connectivity index (χ0) is 10.4. The second-order valence-electron chi connectivity index (χ2n) is 2.97. The van der Waals surface area contributed by atoms with Gasteiger partial charge in [-0.15, -0.1) is 0 Å². The molecule has 0 fully saturated rings. The van der Waals surface area contributed by atoms with Gasteiger partial charge in [-0.2, -0.15) is 0 Å². The van der Waals surface area contributed by atoms with Gasteiger partial charge in [0, 0.05) is 12.1 Å². The first-order valence-corrected chi connectivity index (χ1v) is 4.31. The maximum Gasteiger partial charge on any atom is 0.207 e. The highest BCUT2D eigenvalue weighted by Gasteiger charge is 2.00. The van der Waals surface area contributed by atoms with E-state index >= 15 is 0 Å². The Balaban J connectivity index is 2.70. The third kappa shape index (κ3) is 2.90. The number of nitrogens with two attached hydrogens (primary N) is 1. The second-order valence-corrected chi connectivity index (χ2v) is 2.97. The zero-order valence-corrected chi connectivity index (χ0v) is 7.79. The maximum atomic E-state index is 10.1. The SMILES string of the molecule is N=C(N)C1=CC=C(CNC=O)CC=C1. The Morgan fingerprint density at radius 2 is 2.43 bits per heavy atom. The minimum absolute atomic E-state index is 0.0575. The molecule has 0 atom stereocenters. The molecule has 14 heavy (non-hydrogen) atoms. The Morgan fingerprint density at radius 1 is 1.64 bits per heavy atom. The van der Waals surface area contributed by atoms with Gasteiger partial charge in [-0.3, -0.25) is 10.2 Å². The lowest BCUT2D eigenvalue weighted by Gasteiger charge is -2.00. The molecule has 1 aliphatic carbocycles. The summed E-state index contributed by atoms with van der Waals surface area (Å²) in [7, 11) is 0. The fourth-order valence-electron chi connectivity index (χ4n) is 1.15. The van der Waals surface area contributed by atoms with Crippen LogP contribution in [0.5, 0.6) is 0 Å². The van der Waals surface area contributed by atoms with Crippen LogP contribution in [0.1, 0.15) is 6.42 Å². The number of nitrogens with one attached hydrogen (secondary N) is 2. The molecule has 0 bridgehead atoms. The molecule has 1 rings (SSSR count). The van der Waals surface area contributed by atoms with E-state index < -0.39 is 0 Å². The van der Waals surface area contributed by atoms with Crippen molar-refractivity contribution in [2.24, 2.45) is 5.73 Å². The van der Waals surface area contributed by atoms with Crippen LogP contribution in [0.3, 0.4) is 0 Å². The van der Waals surface area contributed by atoms with Crippen LogP contribution in [0.15, 0.2) is 35.5 Å². The highest BCUT2D eigenvalue weighted by Crippen LogP contribution is 2.10. The topological polar surface area (TPSA) is 79.0 Å². The molecule has 0 spiro atoms. The number of rotatable bonds is 4. The minimum atomic E-state index is 0.0575. The number of hydrogen-bond acceptors (Lipinski definition) is 2. The van der Waals surface area contributed by atoms with Gasteiger partial charge < -0.3 is 11.1 Å². The van der Waals surface area contributed by atoms with E-state index in [2.05, 4.69) is 5.32 Å². The first-order chi connectivity index (χ1) is 6.74. The van der Waals surface area contributed by atoms with Crippen molar-refractivity contribution in [3.8, 4) is 0 Å². The molecule has 0 aromatic carbocycles. The predicted octanol–water partition coefficient (Wildman–Crippen LogP) is 0.481. The predicted molar refractivity (Wildman–Crippen MR) is 55.9 cm³/mol. The van der Waals surface area contributed by atoms with E-state index in [-0.39, 0.29) is 5.84 Å². The van der Waals surface area contributed by atoms with Gasteiger partial charge in [0.05, 0.1) is 0 Å². The van der Waals surface area contributed by atoms with Crippen molar-refractivity contribution >= 4 is 12.2 Å². The van der Waals surface area contributed by atoms with Crippen molar-refractivity contribution in [3.63, 3.8) is 0 Å². The molecular weight excluding hydrogens is 178 g/mol. The summed E-state index contributed by atoms with van der Waals surface area (Å²) in [4.78, 5) is 10.1. The largest absolute Gasteiger partial charge is 0.384 e. The lowest BCUT2D eigenvalue weighted by molar-refractivity contribution is -0.109. The van der Waals surface area contributed by atoms with Gasteiger partial charge in [0.2, 0.25) is 6.41 Å². The van der Waals surface area contributed by atoms with E-state index in [1.165, 1.54) is 0 Å². The van der Waals surface area contributed by atoms with Gasteiger partial charge in [-0.05, 0) is 12.0 Å². The van der Waals surface area contributed by atoms with E-state index in [0.29, 0.717) is 18.5 Å². The van der Waals surface area contributed by atoms with Crippen molar-refractivity contribution in [1.82, 2.24) is 5.32 Å². The molecule has 0 heterocycles. The zero-order valence-electron chi connectivity index (χ0n) is 7.79. The average molecular weight is 191 g/mol. The summed E-state index contributed by atoms with van der Waals surface area (Å²) >= 11 is 0. The summed E-state index contributed by atoms with van der Waals surface area (Å²) in [6.45, 7) is 0.537. The highest BCUT2D eigenvalue weighted by atomic mass is 16.1. The Labute approximate surface area is 82.7 Å². The highest BCUT2D eigenvalue weighted by molar-refractivity contribution is 5.97. The van der Waals surface area contributed by atoms with Crippen molar-refractivity contribution < 1.29 is 4.79 Å². The normalized spacial score (nSPS) is 15.1. The molecule has 0 aromatic rings. The molecule has 1 aliphatic rings. The third-order valence-electron chi connectivity index (χ3n) is 1.90. The molecule has 0 unspecified atom stereocenters. The van der Waals surface area contributed by atoms with Crippen LogP contribution in [0.4, 0.5) is 0 Å². The Bertz CT molecular complexity index is 326. The fraction of sp³-hybridized carbons (Fsp3) is 0.200. The van der Waals surface area contributed by atoms with Crippen LogP contribution < -0.4 is 11.1 Å². The molecule has 0 saturated heterocycles. The van der Waals surface area contributed by atoms with Crippen molar-refractivity contribution in [2.75, 3.05) is 6.54 Å². The number of amidine groups is 1. The van der Waals surface area contributed by atoms with Crippen LogP contribution in [0.2, 0.25) is 0 Å². The molecule has 1 amide bonds. The van der Waals surface area contributed by atoms with Gasteiger partial charge in [0.25, 0.3) is 0 Å². The first-order valence-electron chi connectivity index (χ1n) is 4.31. The summed E-state index contributed by atoms with van der Waals surface area (Å²) in [5, 5.41) is 9.84. The molecule has 0 aliphatic heterocycles. The summed E-state index contributed by atoms with van der Waals surface area (Å²) in [6.07, 6.45) is 8.85. The number of amides is 1. The van der Waals surface area contributed by atoms with Crippen molar-refractivity contribution in [2.45, 2.75) is 6.42 Å². The lowest BCUT2D eigenvalue weighted by atomic mass is 10.2. The summed E-state index contributed by atoms with van der Waals surface area (Å²) < 4.78 is 0. The molecule has 0 saturated carbocycles. The fourth-order valence-corrected chi connectivity index (χ4v) is 1.15. The van der Waals surface area contributed by atoms with Gasteiger partial charge in [-0.25, -0.2) is 0 Å². The molecule has 0 aromatic heterocycles. The monoisotopic (exact) mass is 191 g/mol. The van der Waals surface area contributed by atoms with Crippen LogP contribution in [0.25, 0.3) is 0 Å². The Hall–Kier alpha value is -1.84. The first kappa shape index (κ1) is 10.2. The third-order valence-corrected chi connectivity index (χ3v) is 1.90. The number of hydrogen-bond donors (Lipinski definition) is 3. The molecular formula is C10H13N3O. The summed E-state index contributed by atoms with van der Waals surface area (Å²) in [5.41, 5.74) is 7.13. The molecule has 4 heteroatoms. The second kappa shape index (κ2) is 5.01. The van der Waals surface area contributed by atoms with E-state index in [4.69, 9.17) is 11.1 Å². The maximum absolute atomic E-state index is 10.1. The van der Waals surface area contributed by atoms with Crippen LogP contribution in [0, 0.1) is 5.41 Å². The van der Waals surface area contributed by atoms with Crippen molar-refractivity contribution in [3.05, 3.63) is 35.5 Å². The molecule has 4 nitrogen and oxygen atoms in total. The Kier molecular flexibility index (Phi) is 3.67. The average Bonchev–Trinajstić information content (AvgIpc) is 2.39. The number of carbonyl (C=O) groups excluding carboxylic acids is 1. The van der Waals surface area contributed by atoms with Crippen LogP contribution in [-0.4, -0.2) is 18.8 Å². The van der Waals surface area contributed by atoms with E-state index in [1.54, 1.807) is 6.08 Å². The Morgan fingerprint density at radius 3 is 3.07 bits per heavy atom. The van der Waals surface area contributed by atoms with Crippen LogP contribution >= 0.6 is 0 Å². The van der Waals surface area contributed by atoms with Crippen molar-refractivity contribution in [1.29, 1.82) is 5.41 Å². The van der Waals surface area contributed by atoms with E-state index in [1.807, 2.05) is 18.2 Å². The van der Waals surface area contributed by atoms with Gasteiger partial charge in [0.1, 0.15) is 5.84 Å². The minimum Gasteiger partial charge on any atom is -0.384 e. The summed E-state index contributed by atoms with van der Waals surface area (Å²) in [5.74, 6) is 0.0575. The standard InChI is InChI=1S/C10H13N3O/c11-10(12)9-3-1-2-8(4-5-9)6-13-7-14/h1,3-5,7H,2,6H2,(H3,11,12)(H,13,14). The van der Waals surface area contributed by atoms with Gasteiger partial charge in [-0.1, -0.05) is 24.3 Å². The van der Waals surface area contributed by atoms with E-state index in [0.717, 1.165) is 12.0 Å².